The van der Waals surface area contributed by atoms with Crippen LogP contribution in [-0.2, 0) is 11.2 Å². The van der Waals surface area contributed by atoms with Gasteiger partial charge in [0.2, 0.25) is 0 Å². The first kappa shape index (κ1) is 18.8. The minimum atomic E-state index is -0.379. The molecule has 0 aromatic heterocycles. The molecule has 7 heteroatoms. The average Bonchev–Trinajstić information content (AvgIpc) is 2.57. The fourth-order valence-corrected chi connectivity index (χ4v) is 2.75. The molecular weight excluding hydrogens is 415 g/mol. The number of carbonyl (C=O) groups excluding carboxylic acids is 1. The largest absolute Gasteiger partial charge is 0.483 e. The second-order valence-corrected chi connectivity index (χ2v) is 6.48. The Hall–Kier alpha value is -1.56. The lowest BCUT2D eigenvalue weighted by Crippen LogP contribution is -2.24. The second kappa shape index (κ2) is 9.06. The molecule has 0 aliphatic rings. The lowest BCUT2D eigenvalue weighted by atomic mass is 10.2. The highest BCUT2D eigenvalue weighted by molar-refractivity contribution is 9.10. The molecule has 0 atom stereocenters. The fraction of sp³-hybridized carbons (Fsp3) is 0.176. The summed E-state index contributed by atoms with van der Waals surface area (Å²) in [6.45, 7) is 1.92. The molecule has 4 nitrogen and oxygen atoms in total. The fourth-order valence-electron chi connectivity index (χ4n) is 1.85. The zero-order valence-electron chi connectivity index (χ0n) is 12.9. The van der Waals surface area contributed by atoms with Crippen molar-refractivity contribution in [1.82, 2.24) is 5.43 Å². The number of aryl methyl sites for hydroxylation is 1. The van der Waals surface area contributed by atoms with Gasteiger partial charge < -0.3 is 4.74 Å². The maximum Gasteiger partial charge on any atom is 0.277 e. The molecule has 0 aliphatic heterocycles. The quantitative estimate of drug-likeness (QED) is 0.527. The molecule has 2 aromatic rings. The van der Waals surface area contributed by atoms with E-state index in [1.54, 1.807) is 18.2 Å². The maximum absolute atomic E-state index is 11.8. The third-order valence-electron chi connectivity index (χ3n) is 3.14. The number of hydrogen-bond acceptors (Lipinski definition) is 3. The highest BCUT2D eigenvalue weighted by Gasteiger charge is 2.06. The van der Waals surface area contributed by atoms with Crippen molar-refractivity contribution in [1.29, 1.82) is 0 Å². The summed E-state index contributed by atoms with van der Waals surface area (Å²) < 4.78 is 6.27. The summed E-state index contributed by atoms with van der Waals surface area (Å²) in [5.74, 6) is 0.222. The van der Waals surface area contributed by atoms with E-state index in [-0.39, 0.29) is 12.5 Å². The first-order valence-electron chi connectivity index (χ1n) is 7.18. The molecule has 0 heterocycles. The van der Waals surface area contributed by atoms with E-state index >= 15 is 0 Å². The molecule has 0 aliphatic carbocycles. The molecule has 1 N–H and O–H groups in total. The van der Waals surface area contributed by atoms with Crippen molar-refractivity contribution in [2.45, 2.75) is 13.3 Å². The number of amides is 1. The summed E-state index contributed by atoms with van der Waals surface area (Å²) in [6, 6.07) is 10.9. The zero-order chi connectivity index (χ0) is 17.5. The minimum absolute atomic E-state index is 0.148. The average molecular weight is 430 g/mol. The molecule has 126 valence electrons. The number of ether oxygens (including phenoxy) is 1. The molecule has 2 rings (SSSR count). The first-order chi connectivity index (χ1) is 11.5. The second-order valence-electron chi connectivity index (χ2n) is 4.84. The van der Waals surface area contributed by atoms with Gasteiger partial charge in [-0.15, -0.1) is 0 Å². The summed E-state index contributed by atoms with van der Waals surface area (Å²) in [5.41, 5.74) is 4.17. The maximum atomic E-state index is 11.8. The van der Waals surface area contributed by atoms with Gasteiger partial charge in [0, 0.05) is 5.56 Å². The number of hydrazone groups is 1. The van der Waals surface area contributed by atoms with Crippen LogP contribution in [0.2, 0.25) is 10.0 Å². The third-order valence-corrected chi connectivity index (χ3v) is 4.59. The SMILES string of the molecule is CCc1ccc(OCC(=O)NN=Cc2cccc(Cl)c2Cl)c(Br)c1. The third kappa shape index (κ3) is 5.23. The van der Waals surface area contributed by atoms with Gasteiger partial charge in [-0.1, -0.05) is 48.3 Å². The Bertz CT molecular complexity index is 766. The summed E-state index contributed by atoms with van der Waals surface area (Å²) in [5, 5.41) is 4.66. The highest BCUT2D eigenvalue weighted by atomic mass is 79.9. The van der Waals surface area contributed by atoms with Crippen LogP contribution in [-0.4, -0.2) is 18.7 Å². The van der Waals surface area contributed by atoms with Crippen molar-refractivity contribution in [2.24, 2.45) is 5.10 Å². The van der Waals surface area contributed by atoms with E-state index in [1.165, 1.54) is 11.8 Å². The molecule has 24 heavy (non-hydrogen) atoms. The molecule has 0 radical (unpaired) electrons. The molecule has 0 saturated carbocycles. The molecule has 0 saturated heterocycles. The zero-order valence-corrected chi connectivity index (χ0v) is 16.0. The van der Waals surface area contributed by atoms with Gasteiger partial charge in [-0.05, 0) is 46.1 Å². The van der Waals surface area contributed by atoms with Crippen LogP contribution >= 0.6 is 39.1 Å². The molecule has 2 aromatic carbocycles. The van der Waals surface area contributed by atoms with Crippen LogP contribution in [0.4, 0.5) is 0 Å². The molecule has 0 fully saturated rings. The van der Waals surface area contributed by atoms with Crippen molar-refractivity contribution < 1.29 is 9.53 Å². The lowest BCUT2D eigenvalue weighted by Gasteiger charge is -2.08. The van der Waals surface area contributed by atoms with E-state index in [4.69, 9.17) is 27.9 Å². The Morgan fingerprint density at radius 1 is 1.33 bits per heavy atom. The number of nitrogens with zero attached hydrogens (tertiary/aromatic N) is 1. The molecule has 0 spiro atoms. The normalized spacial score (nSPS) is 10.8. The number of nitrogens with one attached hydrogen (secondary N) is 1. The summed E-state index contributed by atoms with van der Waals surface area (Å²) in [4.78, 5) is 11.8. The van der Waals surface area contributed by atoms with E-state index in [1.807, 2.05) is 18.2 Å². The van der Waals surface area contributed by atoms with Gasteiger partial charge in [0.05, 0.1) is 20.7 Å². The van der Waals surface area contributed by atoms with Gasteiger partial charge in [0.25, 0.3) is 5.91 Å². The van der Waals surface area contributed by atoms with Crippen molar-refractivity contribution in [2.75, 3.05) is 6.61 Å². The monoisotopic (exact) mass is 428 g/mol. The van der Waals surface area contributed by atoms with Crippen LogP contribution in [0.25, 0.3) is 0 Å². The number of hydrogen-bond donors (Lipinski definition) is 1. The van der Waals surface area contributed by atoms with Crippen molar-refractivity contribution in [3.8, 4) is 5.75 Å². The van der Waals surface area contributed by atoms with E-state index in [0.717, 1.165) is 10.9 Å². The van der Waals surface area contributed by atoms with E-state index in [2.05, 4.69) is 33.4 Å². The standard InChI is InChI=1S/C17H15BrCl2N2O2/c1-2-11-6-7-15(13(18)8-11)24-10-16(23)22-21-9-12-4-3-5-14(19)17(12)20/h3-9H,2,10H2,1H3,(H,22,23). The van der Waals surface area contributed by atoms with Crippen LogP contribution < -0.4 is 10.2 Å². The molecular formula is C17H15BrCl2N2O2. The Labute approximate surface area is 158 Å². The van der Waals surface area contributed by atoms with E-state index < -0.39 is 0 Å². The summed E-state index contributed by atoms with van der Waals surface area (Å²) in [6.07, 6.45) is 2.36. The van der Waals surface area contributed by atoms with E-state index in [0.29, 0.717) is 21.4 Å². The van der Waals surface area contributed by atoms with Gasteiger partial charge in [-0.2, -0.15) is 5.10 Å². The Balaban J connectivity index is 1.87. The van der Waals surface area contributed by atoms with Gasteiger partial charge in [0.15, 0.2) is 6.61 Å². The molecule has 1 amide bonds. The smallest absolute Gasteiger partial charge is 0.277 e. The van der Waals surface area contributed by atoms with Gasteiger partial charge in [-0.25, -0.2) is 5.43 Å². The van der Waals surface area contributed by atoms with Crippen LogP contribution in [0, 0.1) is 0 Å². The topological polar surface area (TPSA) is 50.7 Å². The van der Waals surface area contributed by atoms with Crippen LogP contribution in [0.1, 0.15) is 18.1 Å². The van der Waals surface area contributed by atoms with Gasteiger partial charge >= 0.3 is 0 Å². The lowest BCUT2D eigenvalue weighted by molar-refractivity contribution is -0.123. The number of halogens is 3. The predicted octanol–water partition coefficient (Wildman–Crippen LogP) is 4.85. The van der Waals surface area contributed by atoms with Crippen LogP contribution in [0.3, 0.4) is 0 Å². The van der Waals surface area contributed by atoms with Crippen molar-refractivity contribution in [3.05, 3.63) is 62.0 Å². The predicted molar refractivity (Wildman–Crippen MR) is 101 cm³/mol. The van der Waals surface area contributed by atoms with E-state index in [9.17, 15) is 4.79 Å². The molecule has 0 bridgehead atoms. The first-order valence-corrected chi connectivity index (χ1v) is 8.73. The van der Waals surface area contributed by atoms with Gasteiger partial charge in [-0.3, -0.25) is 4.79 Å². The molecule has 0 unspecified atom stereocenters. The number of rotatable bonds is 6. The minimum Gasteiger partial charge on any atom is -0.483 e. The van der Waals surface area contributed by atoms with Gasteiger partial charge in [0.1, 0.15) is 5.75 Å². The Kier molecular flexibility index (Phi) is 7.09. The Morgan fingerprint density at radius 2 is 2.12 bits per heavy atom. The Morgan fingerprint density at radius 3 is 2.83 bits per heavy atom. The van der Waals surface area contributed by atoms with Crippen molar-refractivity contribution >= 4 is 51.3 Å². The van der Waals surface area contributed by atoms with Crippen LogP contribution in [0.5, 0.6) is 5.75 Å². The van der Waals surface area contributed by atoms with Crippen LogP contribution in [0.15, 0.2) is 46.0 Å². The summed E-state index contributed by atoms with van der Waals surface area (Å²) >= 11 is 15.4. The highest BCUT2D eigenvalue weighted by Crippen LogP contribution is 2.26. The van der Waals surface area contributed by atoms with Crippen molar-refractivity contribution in [3.63, 3.8) is 0 Å². The summed E-state index contributed by atoms with van der Waals surface area (Å²) in [7, 11) is 0. The number of benzene rings is 2. The number of carbonyl (C=O) groups is 1.